The van der Waals surface area contributed by atoms with E-state index in [-0.39, 0.29) is 18.9 Å². The fraction of sp³-hybridized carbons (Fsp3) is 0.712. The Bertz CT molecular complexity index is 1220. The van der Waals surface area contributed by atoms with Crippen LogP contribution in [0.2, 0.25) is 0 Å². The fourth-order valence-electron chi connectivity index (χ4n) is 7.15. The topological polar surface area (TPSA) is 149 Å². The van der Waals surface area contributed by atoms with Crippen LogP contribution >= 0.6 is 0 Å². The van der Waals surface area contributed by atoms with Crippen molar-refractivity contribution in [3.05, 3.63) is 85.1 Å². The second-order valence-electron chi connectivity index (χ2n) is 16.5. The minimum absolute atomic E-state index is 0.166. The van der Waals surface area contributed by atoms with Crippen LogP contribution in [0.15, 0.2) is 85.1 Å². The second kappa shape index (κ2) is 41.4. The van der Waals surface area contributed by atoms with E-state index in [2.05, 4.69) is 104 Å². The van der Waals surface area contributed by atoms with Crippen molar-refractivity contribution in [1.82, 2.24) is 5.32 Å². The second-order valence-corrected chi connectivity index (χ2v) is 16.5. The minimum atomic E-state index is -1.57. The number of hydrogen-bond acceptors (Lipinski definition) is 8. The molecule has 0 spiro atoms. The highest BCUT2D eigenvalue weighted by atomic mass is 16.7. The molecule has 0 aromatic carbocycles. The number of allylic oxidation sites excluding steroid dienone is 14. The molecule has 0 aliphatic carbocycles. The quantitative estimate of drug-likeness (QED) is 0.0264. The lowest BCUT2D eigenvalue weighted by atomic mass is 9.99. The molecule has 7 atom stereocenters. The van der Waals surface area contributed by atoms with Gasteiger partial charge < -0.3 is 40.3 Å². The monoisotopic (exact) mass is 856 g/mol. The largest absolute Gasteiger partial charge is 0.394 e. The molecule has 1 heterocycles. The average molecular weight is 856 g/mol. The van der Waals surface area contributed by atoms with Gasteiger partial charge in [0.15, 0.2) is 6.29 Å². The van der Waals surface area contributed by atoms with Gasteiger partial charge in [-0.05, 0) is 64.2 Å². The molecule has 0 saturated carbocycles. The number of carbonyl (C=O) groups is 1. The van der Waals surface area contributed by atoms with Crippen LogP contribution in [0.1, 0.15) is 181 Å². The minimum Gasteiger partial charge on any atom is -0.394 e. The molecule has 9 nitrogen and oxygen atoms in total. The van der Waals surface area contributed by atoms with E-state index in [4.69, 9.17) is 9.47 Å². The van der Waals surface area contributed by atoms with Gasteiger partial charge in [-0.2, -0.15) is 0 Å². The van der Waals surface area contributed by atoms with Gasteiger partial charge in [-0.3, -0.25) is 4.79 Å². The Morgan fingerprint density at radius 1 is 0.574 bits per heavy atom. The number of rotatable bonds is 39. The Kier molecular flexibility index (Phi) is 38.3. The summed E-state index contributed by atoms with van der Waals surface area (Å²) in [6.45, 7) is 3.67. The van der Waals surface area contributed by atoms with Crippen LogP contribution in [0.4, 0.5) is 0 Å². The van der Waals surface area contributed by atoms with Gasteiger partial charge in [0.25, 0.3) is 0 Å². The molecule has 1 aliphatic rings. The molecule has 1 amide bonds. The molecule has 0 aromatic heterocycles. The Morgan fingerprint density at radius 3 is 1.44 bits per heavy atom. The van der Waals surface area contributed by atoms with Crippen molar-refractivity contribution >= 4 is 5.91 Å². The molecule has 1 rings (SSSR count). The predicted octanol–water partition coefficient (Wildman–Crippen LogP) is 10.7. The SMILES string of the molecule is CC/C=C\C/C=C\C/C=C\C/C=C\C/C=C\C/C=C\C/C=C\CCCC(=O)NC(COC1OC(CO)C(O)C(O)C1O)C(O)CCCCCCCCCCCCCCCCC. The third-order valence-electron chi connectivity index (χ3n) is 11.0. The summed E-state index contributed by atoms with van der Waals surface area (Å²) in [7, 11) is 0. The van der Waals surface area contributed by atoms with Gasteiger partial charge in [-0.25, -0.2) is 0 Å². The maximum Gasteiger partial charge on any atom is 0.220 e. The molecular formula is C52H89NO8. The van der Waals surface area contributed by atoms with Gasteiger partial charge in [-0.1, -0.05) is 195 Å². The summed E-state index contributed by atoms with van der Waals surface area (Å²) >= 11 is 0. The average Bonchev–Trinajstić information content (AvgIpc) is 3.26. The van der Waals surface area contributed by atoms with E-state index < -0.39 is 49.5 Å². The van der Waals surface area contributed by atoms with E-state index in [1.807, 2.05) is 0 Å². The van der Waals surface area contributed by atoms with Crippen LogP contribution in [0.3, 0.4) is 0 Å². The number of carbonyl (C=O) groups excluding carboxylic acids is 1. The van der Waals surface area contributed by atoms with Crippen LogP contribution in [0, 0.1) is 0 Å². The number of aliphatic hydroxyl groups is 5. The smallest absolute Gasteiger partial charge is 0.220 e. The maximum atomic E-state index is 13.0. The zero-order valence-electron chi connectivity index (χ0n) is 38.4. The van der Waals surface area contributed by atoms with Crippen molar-refractivity contribution in [3.63, 3.8) is 0 Å². The van der Waals surface area contributed by atoms with Gasteiger partial charge in [-0.15, -0.1) is 0 Å². The van der Waals surface area contributed by atoms with E-state index in [1.165, 1.54) is 77.0 Å². The maximum absolute atomic E-state index is 13.0. The van der Waals surface area contributed by atoms with E-state index in [1.54, 1.807) is 0 Å². The number of amides is 1. The highest BCUT2D eigenvalue weighted by Crippen LogP contribution is 2.23. The summed E-state index contributed by atoms with van der Waals surface area (Å²) in [5, 5.41) is 54.4. The molecule has 1 saturated heterocycles. The lowest BCUT2D eigenvalue weighted by molar-refractivity contribution is -0.302. The summed E-state index contributed by atoms with van der Waals surface area (Å²) in [5.41, 5.74) is 0. The first kappa shape index (κ1) is 56.4. The van der Waals surface area contributed by atoms with Crippen molar-refractivity contribution in [1.29, 1.82) is 0 Å². The zero-order chi connectivity index (χ0) is 44.4. The van der Waals surface area contributed by atoms with Crippen molar-refractivity contribution < 1.29 is 39.8 Å². The number of ether oxygens (including phenoxy) is 2. The van der Waals surface area contributed by atoms with Gasteiger partial charge >= 0.3 is 0 Å². The summed E-state index contributed by atoms with van der Waals surface area (Å²) in [4.78, 5) is 13.0. The predicted molar refractivity (Wildman–Crippen MR) is 253 cm³/mol. The van der Waals surface area contributed by atoms with Crippen LogP contribution in [-0.4, -0.2) is 87.5 Å². The van der Waals surface area contributed by atoms with E-state index in [0.29, 0.717) is 12.8 Å². The molecule has 6 N–H and O–H groups in total. The molecule has 350 valence electrons. The number of hydrogen-bond donors (Lipinski definition) is 6. The lowest BCUT2D eigenvalue weighted by Crippen LogP contribution is -2.60. The Labute approximate surface area is 371 Å². The van der Waals surface area contributed by atoms with Crippen LogP contribution in [-0.2, 0) is 14.3 Å². The first-order valence-corrected chi connectivity index (χ1v) is 24.3. The molecular weight excluding hydrogens is 767 g/mol. The first-order chi connectivity index (χ1) is 29.8. The van der Waals surface area contributed by atoms with Crippen molar-refractivity contribution in [2.75, 3.05) is 13.2 Å². The zero-order valence-corrected chi connectivity index (χ0v) is 38.4. The van der Waals surface area contributed by atoms with Gasteiger partial charge in [0.2, 0.25) is 5.91 Å². The van der Waals surface area contributed by atoms with Crippen molar-refractivity contribution in [2.45, 2.75) is 224 Å². The summed E-state index contributed by atoms with van der Waals surface area (Å²) in [6, 6.07) is -0.754. The van der Waals surface area contributed by atoms with Crippen molar-refractivity contribution in [3.8, 4) is 0 Å². The molecule has 0 radical (unpaired) electrons. The number of nitrogens with one attached hydrogen (secondary N) is 1. The molecule has 9 heteroatoms. The molecule has 0 bridgehead atoms. The summed E-state index contributed by atoms with van der Waals surface area (Å²) in [6.07, 6.45) is 50.2. The molecule has 7 unspecified atom stereocenters. The highest BCUT2D eigenvalue weighted by Gasteiger charge is 2.44. The highest BCUT2D eigenvalue weighted by molar-refractivity contribution is 5.76. The van der Waals surface area contributed by atoms with Gasteiger partial charge in [0, 0.05) is 6.42 Å². The molecule has 1 aliphatic heterocycles. The first-order valence-electron chi connectivity index (χ1n) is 24.3. The lowest BCUT2D eigenvalue weighted by Gasteiger charge is -2.40. The Balaban J connectivity index is 2.36. The third kappa shape index (κ3) is 31.8. The Hall–Kier alpha value is -2.63. The van der Waals surface area contributed by atoms with Crippen LogP contribution in [0.5, 0.6) is 0 Å². The number of unbranched alkanes of at least 4 members (excludes halogenated alkanes) is 15. The fourth-order valence-corrected chi connectivity index (χ4v) is 7.15. The van der Waals surface area contributed by atoms with Gasteiger partial charge in [0.1, 0.15) is 24.4 Å². The molecule has 61 heavy (non-hydrogen) atoms. The third-order valence-corrected chi connectivity index (χ3v) is 11.0. The molecule has 0 aromatic rings. The standard InChI is InChI=1S/C52H89NO8/c1-3-5-7-9-11-13-15-17-19-20-21-22-23-24-25-26-28-30-32-34-36-38-40-42-48(56)53-45(44-60-52-51(59)50(58)49(57)47(43-54)61-52)46(55)41-39-37-35-33-31-29-27-18-16-14-12-10-8-6-4-2/h5,7,11,13,17,19,21-22,24-25,28,30,34,36,45-47,49-52,54-55,57-59H,3-4,6,8-10,12,14-16,18,20,23,26-27,29,31-33,35,37-44H2,1-2H3,(H,53,56)/b7-5-,13-11-,19-17-,22-21-,25-24-,30-28-,36-34-. The van der Waals surface area contributed by atoms with Gasteiger partial charge in [0.05, 0.1) is 25.4 Å². The number of aliphatic hydroxyl groups excluding tert-OH is 5. The van der Waals surface area contributed by atoms with Crippen LogP contribution in [0.25, 0.3) is 0 Å². The summed E-state index contributed by atoms with van der Waals surface area (Å²) in [5.74, 6) is -0.205. The molecule has 1 fully saturated rings. The van der Waals surface area contributed by atoms with E-state index >= 15 is 0 Å². The Morgan fingerprint density at radius 2 is 1.00 bits per heavy atom. The normalized spacial score (nSPS) is 21.2. The van der Waals surface area contributed by atoms with E-state index in [0.717, 1.165) is 70.6 Å². The van der Waals surface area contributed by atoms with Crippen LogP contribution < -0.4 is 5.32 Å². The van der Waals surface area contributed by atoms with Crippen molar-refractivity contribution in [2.24, 2.45) is 0 Å². The summed E-state index contributed by atoms with van der Waals surface area (Å²) < 4.78 is 11.2. The van der Waals surface area contributed by atoms with E-state index in [9.17, 15) is 30.3 Å².